The van der Waals surface area contributed by atoms with Gasteiger partial charge in [0, 0.05) is 61.8 Å². The average molecular weight is 1040 g/mol. The van der Waals surface area contributed by atoms with Crippen molar-refractivity contribution in [3.63, 3.8) is 0 Å². The second kappa shape index (κ2) is 22.0. The van der Waals surface area contributed by atoms with Crippen LogP contribution in [-0.2, 0) is 23.8 Å². The number of phenolic OH excluding ortho intramolecular Hbond substituents is 1. The van der Waals surface area contributed by atoms with Crippen LogP contribution in [0.2, 0.25) is 0 Å². The first-order valence-corrected chi connectivity index (χ1v) is 27.4. The number of rotatable bonds is 8. The number of phenols is 1. The zero-order valence-electron chi connectivity index (χ0n) is 42.2. The van der Waals surface area contributed by atoms with E-state index in [4.69, 9.17) is 18.4 Å². The Morgan fingerprint density at radius 2 is 0.947 bits per heavy atom. The number of aromatic hydroxyl groups is 1. The summed E-state index contributed by atoms with van der Waals surface area (Å²) in [6, 6.07) is 21.6. The smallest absolute Gasteiger partial charge is 0.264 e. The van der Waals surface area contributed by atoms with E-state index < -0.39 is 10.1 Å². The third-order valence-corrected chi connectivity index (χ3v) is 15.4. The van der Waals surface area contributed by atoms with Crippen LogP contribution in [-0.4, -0.2) is 150 Å². The highest BCUT2D eigenvalue weighted by atomic mass is 32.2. The number of hydrogen-bond acceptors (Lipinski definition) is 17. The largest absolute Gasteiger partial charge is 0.507 e. The van der Waals surface area contributed by atoms with Gasteiger partial charge in [-0.1, -0.05) is 24.3 Å². The number of aryl methyl sites for hydroxylation is 2. The minimum Gasteiger partial charge on any atom is -0.507 e. The summed E-state index contributed by atoms with van der Waals surface area (Å²) in [6.07, 6.45) is 8.96. The van der Waals surface area contributed by atoms with Crippen LogP contribution >= 0.6 is 0 Å². The summed E-state index contributed by atoms with van der Waals surface area (Å²) in [5.41, 5.74) is 7.32. The van der Waals surface area contributed by atoms with Crippen molar-refractivity contribution in [3.8, 4) is 11.5 Å². The fourth-order valence-electron chi connectivity index (χ4n) is 11.0. The summed E-state index contributed by atoms with van der Waals surface area (Å²) < 4.78 is 44.7. The van der Waals surface area contributed by atoms with Gasteiger partial charge in [0.2, 0.25) is 0 Å². The summed E-state index contributed by atoms with van der Waals surface area (Å²) in [5, 5.41) is 11.8. The van der Waals surface area contributed by atoms with Gasteiger partial charge in [-0.25, -0.2) is 19.9 Å². The van der Waals surface area contributed by atoms with Crippen molar-refractivity contribution in [1.82, 2.24) is 29.7 Å². The number of carbonyl (C=O) groups is 4. The maximum Gasteiger partial charge on any atom is 0.264 e. The first-order valence-electron chi connectivity index (χ1n) is 25.6. The van der Waals surface area contributed by atoms with Gasteiger partial charge in [0.1, 0.15) is 24.2 Å². The zero-order chi connectivity index (χ0) is 52.4. The van der Waals surface area contributed by atoms with E-state index in [1.807, 2.05) is 19.9 Å². The second-order valence-corrected chi connectivity index (χ2v) is 21.2. The fraction of sp³-hybridized carbons (Fsp3) is 0.418. The highest BCUT2D eigenvalue weighted by Gasteiger charge is 2.43. The lowest BCUT2D eigenvalue weighted by molar-refractivity contribution is 0.0470. The molecule has 392 valence electrons. The van der Waals surface area contributed by atoms with Gasteiger partial charge in [0.15, 0.2) is 0 Å². The summed E-state index contributed by atoms with van der Waals surface area (Å²) in [4.78, 5) is 75.1. The molecule has 4 amide bonds. The highest BCUT2D eigenvalue weighted by Crippen LogP contribution is 2.38. The van der Waals surface area contributed by atoms with Crippen LogP contribution in [0.1, 0.15) is 104 Å². The van der Waals surface area contributed by atoms with Gasteiger partial charge < -0.3 is 29.1 Å². The number of benzene rings is 4. The molecule has 6 aromatic rings. The number of carbonyl (C=O) groups excluding carboxylic acids is 4. The van der Waals surface area contributed by atoms with E-state index >= 15 is 0 Å². The van der Waals surface area contributed by atoms with Gasteiger partial charge in [0.05, 0.1) is 100 Å². The van der Waals surface area contributed by atoms with E-state index in [2.05, 4.69) is 41.9 Å². The van der Waals surface area contributed by atoms with E-state index in [9.17, 15) is 32.7 Å². The molecule has 6 heterocycles. The lowest BCUT2D eigenvalue weighted by Crippen LogP contribution is -2.43. The summed E-state index contributed by atoms with van der Waals surface area (Å²) >= 11 is 0. The van der Waals surface area contributed by atoms with Crippen molar-refractivity contribution in [2.75, 3.05) is 68.7 Å². The van der Waals surface area contributed by atoms with Gasteiger partial charge in [0.25, 0.3) is 33.7 Å². The van der Waals surface area contributed by atoms with Crippen LogP contribution in [0, 0.1) is 13.8 Å². The van der Waals surface area contributed by atoms with E-state index in [-0.39, 0.29) is 53.7 Å². The molecule has 0 atom stereocenters. The molecule has 2 saturated heterocycles. The number of amides is 4. The number of aromatic nitrogens is 4. The molecule has 0 radical (unpaired) electrons. The fourth-order valence-corrected chi connectivity index (χ4v) is 11.7. The maximum absolute atomic E-state index is 12.9. The molecule has 20 heteroatoms. The minimum atomic E-state index is -3.47. The van der Waals surface area contributed by atoms with Crippen LogP contribution in [0.5, 0.6) is 11.5 Å². The number of hydrogen-bond donors (Lipinski definition) is 1. The minimum absolute atomic E-state index is 0.00387. The molecule has 12 rings (SSSR count). The van der Waals surface area contributed by atoms with Crippen molar-refractivity contribution >= 4 is 66.9 Å². The lowest BCUT2D eigenvalue weighted by Gasteiger charge is -2.34. The molecule has 4 aliphatic heterocycles. The van der Waals surface area contributed by atoms with Crippen LogP contribution in [0.25, 0.3) is 21.8 Å². The van der Waals surface area contributed by atoms with Crippen LogP contribution in [0.15, 0.2) is 85.5 Å². The molecule has 2 saturated carbocycles. The normalized spacial score (nSPS) is 21.9. The maximum atomic E-state index is 12.9. The number of ether oxygens (including phenoxy) is 3. The Morgan fingerprint density at radius 1 is 0.547 bits per heavy atom. The quantitative estimate of drug-likeness (QED) is 0.122. The Balaban J connectivity index is 0.000000138. The average Bonchev–Trinajstić information content (AvgIpc) is 3.84. The predicted molar refractivity (Wildman–Crippen MR) is 279 cm³/mol. The molecule has 0 spiro atoms. The van der Waals surface area contributed by atoms with E-state index in [1.54, 1.807) is 60.9 Å². The van der Waals surface area contributed by atoms with Gasteiger partial charge in [-0.2, -0.15) is 8.42 Å². The van der Waals surface area contributed by atoms with Crippen LogP contribution in [0.3, 0.4) is 0 Å². The van der Waals surface area contributed by atoms with E-state index in [1.165, 1.54) is 16.1 Å². The summed E-state index contributed by atoms with van der Waals surface area (Å²) in [6.45, 7) is 10.1. The Kier molecular flexibility index (Phi) is 15.1. The Hall–Kier alpha value is -7.13. The molecule has 4 fully saturated rings. The molecule has 0 bridgehead atoms. The first-order chi connectivity index (χ1) is 36.2. The van der Waals surface area contributed by atoms with Gasteiger partial charge >= 0.3 is 0 Å². The van der Waals surface area contributed by atoms with Crippen LogP contribution < -0.4 is 14.5 Å². The molecule has 75 heavy (non-hydrogen) atoms. The van der Waals surface area contributed by atoms with Crippen molar-refractivity contribution < 1.29 is 51.1 Å². The van der Waals surface area contributed by atoms with Crippen molar-refractivity contribution in [1.29, 1.82) is 0 Å². The Morgan fingerprint density at radius 3 is 1.39 bits per heavy atom. The molecular formula is C55H60N8O11S. The summed E-state index contributed by atoms with van der Waals surface area (Å²) in [5.74, 6) is 0.179. The monoisotopic (exact) mass is 1040 g/mol. The Labute approximate surface area is 434 Å². The van der Waals surface area contributed by atoms with Crippen molar-refractivity contribution in [3.05, 3.63) is 119 Å². The van der Waals surface area contributed by atoms with E-state index in [0.29, 0.717) is 61.2 Å². The van der Waals surface area contributed by atoms with Crippen molar-refractivity contribution in [2.24, 2.45) is 0 Å². The van der Waals surface area contributed by atoms with Gasteiger partial charge in [-0.15, -0.1) is 0 Å². The molecule has 19 nitrogen and oxygen atoms in total. The number of nitrogens with zero attached hydrogens (tertiary/aromatic N) is 8. The van der Waals surface area contributed by atoms with Crippen molar-refractivity contribution in [2.45, 2.75) is 89.5 Å². The number of imide groups is 2. The number of fused-ring (bicyclic) bond motifs is 4. The van der Waals surface area contributed by atoms with E-state index in [0.717, 1.165) is 122 Å². The molecule has 6 aliphatic rings. The molecular weight excluding hydrogens is 981 g/mol. The van der Waals surface area contributed by atoms with Gasteiger partial charge in [-0.3, -0.25) is 33.2 Å². The Bertz CT molecular complexity index is 3190. The summed E-state index contributed by atoms with van der Waals surface area (Å²) in [7, 11) is -3.47. The SMILES string of the molecule is CS(=O)(=O)OC1CCC(N2C(=O)c3ccccc3C2=O)CC1.Cc1ncnc2cc(N3CCOCC3)cc(O)c12.Cc1ncnc2cc(N3CCOCC3)cc(OC3CCC(N4C(=O)c5ccccc5C4=O)CC3)c12. The molecule has 0 unspecified atom stereocenters. The second-order valence-electron chi connectivity index (χ2n) is 19.6. The topological polar surface area (TPSA) is 224 Å². The van der Waals surface area contributed by atoms with Gasteiger partial charge in [-0.05, 0) is 102 Å². The third kappa shape index (κ3) is 11.0. The van der Waals surface area contributed by atoms with Crippen LogP contribution in [0.4, 0.5) is 11.4 Å². The molecule has 1 N–H and O–H groups in total. The lowest BCUT2D eigenvalue weighted by atomic mass is 9.91. The molecule has 4 aromatic carbocycles. The first kappa shape index (κ1) is 51.4. The molecule has 2 aromatic heterocycles. The zero-order valence-corrected chi connectivity index (χ0v) is 43.0. The predicted octanol–water partition coefficient (Wildman–Crippen LogP) is 6.81. The highest BCUT2D eigenvalue weighted by molar-refractivity contribution is 7.86. The molecule has 2 aliphatic carbocycles. The third-order valence-electron chi connectivity index (χ3n) is 14.8. The number of anilines is 2. The number of morpholine rings is 2. The standard InChI is InChI=1S/C27H28N4O4.C15H17NO5S.C13H15N3O2/c1-17-25-23(29-16-28-17)14-19(30-10-12-34-13-11-30)15-24(25)35-20-8-6-18(7-9-20)31-26(32)21-4-2-3-5-22(21)27(31)33;1-22(19,20)21-11-8-6-10(7-9-11)16-14(17)12-4-2-3-5-13(12)15(16)18;1-9-13-11(15-8-14-9)6-10(7-12(13)17)16-2-4-18-5-3-16/h2-5,14-16,18,20H,6-13H2,1H3;2-5,10-11H,6-9H2,1H3;6-8,17H,2-5H2,1H3.